The van der Waals surface area contributed by atoms with Crippen LogP contribution in [0.25, 0.3) is 6.08 Å². The maximum Gasteiger partial charge on any atom is 0.328 e. The van der Waals surface area contributed by atoms with Gasteiger partial charge in [0.05, 0.1) is 0 Å². The molecule has 0 spiro atoms. The average molecular weight is 252 g/mol. The van der Waals surface area contributed by atoms with Crippen molar-refractivity contribution in [3.8, 4) is 0 Å². The monoisotopic (exact) mass is 251 g/mol. The van der Waals surface area contributed by atoms with Crippen LogP contribution in [0, 0.1) is 0 Å². The Morgan fingerprint density at radius 2 is 2.18 bits per heavy atom. The van der Waals surface area contributed by atoms with Gasteiger partial charge in [-0.2, -0.15) is 0 Å². The summed E-state index contributed by atoms with van der Waals surface area (Å²) in [7, 11) is 0. The zero-order valence-electron chi connectivity index (χ0n) is 9.27. The van der Waals surface area contributed by atoms with Crippen LogP contribution in [0.15, 0.2) is 36.6 Å². The highest BCUT2D eigenvalue weighted by atomic mass is 35.5. The number of carboxylic acids is 1. The van der Waals surface area contributed by atoms with Gasteiger partial charge in [-0.25, -0.2) is 4.79 Å². The molecule has 1 aromatic rings. The summed E-state index contributed by atoms with van der Waals surface area (Å²) >= 11 is 0. The van der Waals surface area contributed by atoms with Crippen molar-refractivity contribution in [1.82, 2.24) is 0 Å². The molecular weight excluding hydrogens is 238 g/mol. The molecule has 1 aliphatic rings. The van der Waals surface area contributed by atoms with Gasteiger partial charge in [0, 0.05) is 17.5 Å². The maximum atomic E-state index is 10.4. The number of hydrogen-bond donors (Lipinski definition) is 2. The predicted octanol–water partition coefficient (Wildman–Crippen LogP) is 3.08. The van der Waals surface area contributed by atoms with Gasteiger partial charge in [0.15, 0.2) is 0 Å². The minimum absolute atomic E-state index is 0. The molecule has 0 bridgehead atoms. The molecule has 0 saturated heterocycles. The van der Waals surface area contributed by atoms with Crippen LogP contribution in [0.5, 0.6) is 0 Å². The number of carboxylic acid groups (broad SMARTS) is 1. The number of allylic oxidation sites excluding steroid dienone is 1. The fourth-order valence-corrected chi connectivity index (χ4v) is 1.75. The molecule has 17 heavy (non-hydrogen) atoms. The number of carbonyl (C=O) groups is 1. The SMILES string of the molecule is C=C1CCc2cc(C=CC(=O)O)ccc2N1.Cl. The van der Waals surface area contributed by atoms with Gasteiger partial charge >= 0.3 is 5.97 Å². The smallest absolute Gasteiger partial charge is 0.328 e. The first-order valence-corrected chi connectivity index (χ1v) is 5.14. The summed E-state index contributed by atoms with van der Waals surface area (Å²) in [6.45, 7) is 3.89. The molecule has 4 heteroatoms. The molecule has 0 aliphatic carbocycles. The summed E-state index contributed by atoms with van der Waals surface area (Å²) in [5.41, 5.74) is 4.22. The van der Waals surface area contributed by atoms with Crippen molar-refractivity contribution >= 4 is 30.1 Å². The van der Waals surface area contributed by atoms with E-state index in [0.29, 0.717) is 0 Å². The van der Waals surface area contributed by atoms with E-state index >= 15 is 0 Å². The zero-order chi connectivity index (χ0) is 11.5. The molecule has 0 atom stereocenters. The maximum absolute atomic E-state index is 10.4. The number of fused-ring (bicyclic) bond motifs is 1. The fourth-order valence-electron chi connectivity index (χ4n) is 1.75. The van der Waals surface area contributed by atoms with E-state index in [1.54, 1.807) is 6.08 Å². The second-order valence-electron chi connectivity index (χ2n) is 3.82. The topological polar surface area (TPSA) is 49.3 Å². The molecule has 0 amide bonds. The number of aryl methyl sites for hydroxylation is 1. The Bertz CT molecular complexity index is 480. The standard InChI is InChI=1S/C13H13NO2.ClH/c1-9-2-5-11-8-10(4-7-13(15)16)3-6-12(11)14-9;/h3-4,6-8,14H,1-2,5H2,(H,15,16);1H. The lowest BCUT2D eigenvalue weighted by molar-refractivity contribution is -0.131. The summed E-state index contributed by atoms with van der Waals surface area (Å²) in [6, 6.07) is 5.86. The van der Waals surface area contributed by atoms with Crippen molar-refractivity contribution in [3.63, 3.8) is 0 Å². The number of aliphatic carboxylic acids is 1. The molecule has 2 N–H and O–H groups in total. The van der Waals surface area contributed by atoms with Crippen LogP contribution in [0.1, 0.15) is 17.5 Å². The number of anilines is 1. The Kier molecular flexibility index (Phi) is 4.35. The van der Waals surface area contributed by atoms with Crippen molar-refractivity contribution in [2.45, 2.75) is 12.8 Å². The Labute approximate surface area is 106 Å². The lowest BCUT2D eigenvalue weighted by atomic mass is 9.99. The first-order chi connectivity index (χ1) is 7.65. The van der Waals surface area contributed by atoms with Gasteiger partial charge in [-0.3, -0.25) is 0 Å². The molecule has 1 heterocycles. The van der Waals surface area contributed by atoms with Crippen molar-refractivity contribution < 1.29 is 9.90 Å². The van der Waals surface area contributed by atoms with Gasteiger partial charge in [0.25, 0.3) is 0 Å². The highest BCUT2D eigenvalue weighted by Gasteiger charge is 2.10. The van der Waals surface area contributed by atoms with Crippen LogP contribution in [0.4, 0.5) is 5.69 Å². The van der Waals surface area contributed by atoms with Gasteiger partial charge in [-0.15, -0.1) is 12.4 Å². The average Bonchev–Trinajstić information content (AvgIpc) is 2.26. The van der Waals surface area contributed by atoms with Crippen molar-refractivity contribution in [2.24, 2.45) is 0 Å². The molecule has 3 nitrogen and oxygen atoms in total. The van der Waals surface area contributed by atoms with Gasteiger partial charge in [0.1, 0.15) is 0 Å². The summed E-state index contributed by atoms with van der Waals surface area (Å²) in [6.07, 6.45) is 4.64. The third kappa shape index (κ3) is 3.36. The van der Waals surface area contributed by atoms with E-state index in [1.165, 1.54) is 5.56 Å². The van der Waals surface area contributed by atoms with Crippen LogP contribution in [0.2, 0.25) is 0 Å². The lowest BCUT2D eigenvalue weighted by Gasteiger charge is -2.20. The lowest BCUT2D eigenvalue weighted by Crippen LogP contribution is -2.08. The Hall–Kier alpha value is -1.74. The molecule has 0 aromatic heterocycles. The van der Waals surface area contributed by atoms with Crippen molar-refractivity contribution in [1.29, 1.82) is 0 Å². The normalized spacial score (nSPS) is 13.8. The number of halogens is 1. The molecule has 0 fully saturated rings. The predicted molar refractivity (Wildman–Crippen MR) is 71.4 cm³/mol. The molecule has 2 rings (SSSR count). The molecule has 1 aromatic carbocycles. The quantitative estimate of drug-likeness (QED) is 0.795. The second kappa shape index (κ2) is 5.55. The summed E-state index contributed by atoms with van der Waals surface area (Å²) < 4.78 is 0. The second-order valence-corrected chi connectivity index (χ2v) is 3.82. The van der Waals surface area contributed by atoms with Crippen LogP contribution in [-0.4, -0.2) is 11.1 Å². The largest absolute Gasteiger partial charge is 0.478 e. The highest BCUT2D eigenvalue weighted by Crippen LogP contribution is 2.27. The van der Waals surface area contributed by atoms with E-state index < -0.39 is 5.97 Å². The van der Waals surface area contributed by atoms with E-state index in [1.807, 2.05) is 18.2 Å². The van der Waals surface area contributed by atoms with Gasteiger partial charge in [-0.1, -0.05) is 12.6 Å². The molecule has 0 unspecified atom stereocenters. The van der Waals surface area contributed by atoms with E-state index in [-0.39, 0.29) is 12.4 Å². The minimum atomic E-state index is -0.927. The van der Waals surface area contributed by atoms with Crippen LogP contribution >= 0.6 is 12.4 Å². The number of rotatable bonds is 2. The fraction of sp³-hybridized carbons (Fsp3) is 0.154. The summed E-state index contributed by atoms with van der Waals surface area (Å²) in [5.74, 6) is -0.927. The molecular formula is C13H14ClNO2. The Balaban J connectivity index is 0.00000144. The van der Waals surface area contributed by atoms with Crippen molar-refractivity contribution in [2.75, 3.05) is 5.32 Å². The summed E-state index contributed by atoms with van der Waals surface area (Å²) in [4.78, 5) is 10.4. The van der Waals surface area contributed by atoms with Gasteiger partial charge < -0.3 is 10.4 Å². The van der Waals surface area contributed by atoms with E-state index in [4.69, 9.17) is 5.11 Å². The number of hydrogen-bond acceptors (Lipinski definition) is 2. The van der Waals surface area contributed by atoms with Gasteiger partial charge in [0.2, 0.25) is 0 Å². The first-order valence-electron chi connectivity index (χ1n) is 5.14. The third-order valence-electron chi connectivity index (χ3n) is 2.56. The number of benzene rings is 1. The van der Waals surface area contributed by atoms with E-state index in [2.05, 4.69) is 11.9 Å². The van der Waals surface area contributed by atoms with E-state index in [0.717, 1.165) is 35.9 Å². The van der Waals surface area contributed by atoms with E-state index in [9.17, 15) is 4.79 Å². The Morgan fingerprint density at radius 1 is 1.41 bits per heavy atom. The number of nitrogens with one attached hydrogen (secondary N) is 1. The molecule has 90 valence electrons. The molecule has 0 saturated carbocycles. The van der Waals surface area contributed by atoms with Gasteiger partial charge in [-0.05, 0) is 42.2 Å². The first kappa shape index (κ1) is 13.3. The Morgan fingerprint density at radius 3 is 2.88 bits per heavy atom. The molecule has 0 radical (unpaired) electrons. The third-order valence-corrected chi connectivity index (χ3v) is 2.56. The van der Waals surface area contributed by atoms with Crippen LogP contribution in [-0.2, 0) is 11.2 Å². The van der Waals surface area contributed by atoms with Crippen molar-refractivity contribution in [3.05, 3.63) is 47.7 Å². The zero-order valence-corrected chi connectivity index (χ0v) is 10.1. The highest BCUT2D eigenvalue weighted by molar-refractivity contribution is 5.85. The van der Waals surface area contributed by atoms with Crippen LogP contribution in [0.3, 0.4) is 0 Å². The summed E-state index contributed by atoms with van der Waals surface area (Å²) in [5, 5.41) is 11.8. The van der Waals surface area contributed by atoms with Crippen LogP contribution < -0.4 is 5.32 Å². The molecule has 1 aliphatic heterocycles. The minimum Gasteiger partial charge on any atom is -0.478 e.